The van der Waals surface area contributed by atoms with E-state index in [1.165, 1.54) is 10.9 Å². The van der Waals surface area contributed by atoms with Gasteiger partial charge in [-0.1, -0.05) is 35.9 Å². The molecule has 2 aromatic carbocycles. The second-order valence-electron chi connectivity index (χ2n) is 7.24. The molecule has 3 N–H and O–H groups in total. The van der Waals surface area contributed by atoms with Crippen molar-refractivity contribution >= 4 is 22.5 Å². The van der Waals surface area contributed by atoms with Gasteiger partial charge in [0.1, 0.15) is 5.75 Å². The van der Waals surface area contributed by atoms with Crippen molar-refractivity contribution in [3.63, 3.8) is 0 Å². The summed E-state index contributed by atoms with van der Waals surface area (Å²) in [6, 6.07) is 13.7. The molecule has 1 unspecified atom stereocenters. The van der Waals surface area contributed by atoms with Crippen LogP contribution in [-0.4, -0.2) is 28.8 Å². The van der Waals surface area contributed by atoms with Crippen molar-refractivity contribution in [2.75, 3.05) is 6.54 Å². The summed E-state index contributed by atoms with van der Waals surface area (Å²) in [5.74, 6) is 0.880. The van der Waals surface area contributed by atoms with E-state index >= 15 is 0 Å². The van der Waals surface area contributed by atoms with Crippen LogP contribution < -0.4 is 10.1 Å². The lowest BCUT2D eigenvalue weighted by atomic mass is 10.0. The molecule has 3 aromatic rings. The van der Waals surface area contributed by atoms with Crippen LogP contribution in [0, 0.1) is 0 Å². The fraction of sp³-hybridized carbons (Fsp3) is 0.364. The number of aliphatic hydroxyl groups excluding tert-OH is 1. The van der Waals surface area contributed by atoms with Gasteiger partial charge in [-0.15, -0.1) is 0 Å². The summed E-state index contributed by atoms with van der Waals surface area (Å²) in [5, 5.41) is 15.6. The third-order valence-corrected chi connectivity index (χ3v) is 4.78. The zero-order chi connectivity index (χ0) is 19.4. The number of hydrogen-bond donors (Lipinski definition) is 3. The van der Waals surface area contributed by atoms with E-state index < -0.39 is 6.10 Å². The predicted molar refractivity (Wildman–Crippen MR) is 112 cm³/mol. The molecule has 1 heterocycles. The first-order chi connectivity index (χ1) is 12.9. The lowest BCUT2D eigenvalue weighted by Gasteiger charge is -2.17. The van der Waals surface area contributed by atoms with Gasteiger partial charge in [0, 0.05) is 29.2 Å². The fourth-order valence-corrected chi connectivity index (χ4v) is 3.45. The third-order valence-electron chi connectivity index (χ3n) is 4.54. The lowest BCUT2D eigenvalue weighted by molar-refractivity contribution is 0.170. The number of benzene rings is 2. The molecule has 0 radical (unpaired) electrons. The number of nitrogens with one attached hydrogen (secondary N) is 2. The average Bonchev–Trinajstić information content (AvgIpc) is 3.03. The number of rotatable bonds is 8. The molecule has 0 saturated carbocycles. The Labute approximate surface area is 165 Å². The molecule has 0 spiro atoms. The average molecular weight is 387 g/mol. The van der Waals surface area contributed by atoms with Crippen LogP contribution in [0.25, 0.3) is 10.9 Å². The Morgan fingerprint density at radius 2 is 1.93 bits per heavy atom. The number of aliphatic hydroxyl groups is 1. The quantitative estimate of drug-likeness (QED) is 0.518. The Morgan fingerprint density at radius 3 is 2.67 bits per heavy atom. The van der Waals surface area contributed by atoms with Gasteiger partial charge in [0.05, 0.1) is 17.7 Å². The summed E-state index contributed by atoms with van der Waals surface area (Å²) in [6.45, 7) is 6.66. The first-order valence-electron chi connectivity index (χ1n) is 9.36. The van der Waals surface area contributed by atoms with Gasteiger partial charge in [-0.2, -0.15) is 0 Å². The molecular formula is C22H27ClN2O2. The zero-order valence-corrected chi connectivity index (χ0v) is 16.8. The van der Waals surface area contributed by atoms with E-state index in [-0.39, 0.29) is 12.1 Å². The monoisotopic (exact) mass is 386 g/mol. The summed E-state index contributed by atoms with van der Waals surface area (Å²) < 4.78 is 5.89. The van der Waals surface area contributed by atoms with Crippen LogP contribution in [0.2, 0.25) is 5.02 Å². The van der Waals surface area contributed by atoms with Crippen LogP contribution in [0.3, 0.4) is 0 Å². The summed E-state index contributed by atoms with van der Waals surface area (Å²) >= 11 is 6.00. The number of fused-ring (bicyclic) bond motifs is 1. The van der Waals surface area contributed by atoms with Gasteiger partial charge >= 0.3 is 0 Å². The summed E-state index contributed by atoms with van der Waals surface area (Å²) in [6.07, 6.45) is 2.45. The minimum atomic E-state index is -0.583. The molecule has 2 atom stereocenters. The Kier molecular flexibility index (Phi) is 6.42. The molecular weight excluding hydrogens is 360 g/mol. The second-order valence-corrected chi connectivity index (χ2v) is 7.68. The maximum Gasteiger partial charge on any atom is 0.143 e. The Hall–Kier alpha value is -2.01. The Balaban J connectivity index is 1.63. The number of aromatic amines is 1. The molecule has 0 fully saturated rings. The molecule has 0 amide bonds. The molecule has 1 aromatic heterocycles. The molecule has 3 rings (SSSR count). The van der Waals surface area contributed by atoms with Crippen LogP contribution >= 0.6 is 11.6 Å². The van der Waals surface area contributed by atoms with E-state index in [2.05, 4.69) is 23.3 Å². The van der Waals surface area contributed by atoms with Gasteiger partial charge in [-0.3, -0.25) is 0 Å². The molecule has 144 valence electrons. The van der Waals surface area contributed by atoms with Crippen molar-refractivity contribution in [1.29, 1.82) is 0 Å². The largest absolute Gasteiger partial charge is 0.489 e. The maximum absolute atomic E-state index is 10.4. The van der Waals surface area contributed by atoms with Gasteiger partial charge in [0.2, 0.25) is 0 Å². The van der Waals surface area contributed by atoms with E-state index in [4.69, 9.17) is 16.3 Å². The Bertz CT molecular complexity index is 891. The highest BCUT2D eigenvalue weighted by Gasteiger charge is 2.14. The molecule has 5 heteroatoms. The number of H-pyrrole nitrogens is 1. The highest BCUT2D eigenvalue weighted by molar-refractivity contribution is 6.30. The standard InChI is InChI=1S/C22H27ClN2O2/c1-14(2)27-21-9-5-8-19-17(12-25-22(19)21)10-15(3)24-13-20(26)16-6-4-7-18(23)11-16/h4-9,11-12,14-15,20,24-26H,10,13H2,1-3H3/t15?,20-/m0/s1. The van der Waals surface area contributed by atoms with Crippen molar-refractivity contribution in [3.05, 3.63) is 64.8 Å². The number of aromatic nitrogens is 1. The van der Waals surface area contributed by atoms with E-state index in [0.717, 1.165) is 23.3 Å². The minimum absolute atomic E-state index is 0.135. The van der Waals surface area contributed by atoms with Gasteiger partial charge in [0.15, 0.2) is 0 Å². The van der Waals surface area contributed by atoms with Gasteiger partial charge < -0.3 is 20.1 Å². The molecule has 0 aliphatic carbocycles. The maximum atomic E-state index is 10.4. The predicted octanol–water partition coefficient (Wildman–Crippen LogP) is 4.86. The fourth-order valence-electron chi connectivity index (χ4n) is 3.25. The van der Waals surface area contributed by atoms with Crippen molar-refractivity contribution < 1.29 is 9.84 Å². The molecule has 0 aliphatic rings. The van der Waals surface area contributed by atoms with Crippen LogP contribution in [0.15, 0.2) is 48.7 Å². The summed E-state index contributed by atoms with van der Waals surface area (Å²) in [4.78, 5) is 3.35. The lowest BCUT2D eigenvalue weighted by Crippen LogP contribution is -2.32. The topological polar surface area (TPSA) is 57.3 Å². The van der Waals surface area contributed by atoms with E-state index in [1.54, 1.807) is 6.07 Å². The molecule has 0 bridgehead atoms. The SMILES string of the molecule is CC(Cc1c[nH]c2c(OC(C)C)cccc12)NC[C@H](O)c1cccc(Cl)c1. The van der Waals surface area contributed by atoms with Crippen LogP contribution in [-0.2, 0) is 6.42 Å². The normalized spacial score (nSPS) is 13.9. The highest BCUT2D eigenvalue weighted by Crippen LogP contribution is 2.28. The number of ether oxygens (including phenoxy) is 1. The molecule has 0 aliphatic heterocycles. The van der Waals surface area contributed by atoms with Crippen LogP contribution in [0.5, 0.6) is 5.75 Å². The number of halogens is 1. The van der Waals surface area contributed by atoms with E-state index in [1.807, 2.05) is 50.4 Å². The van der Waals surface area contributed by atoms with Crippen molar-refractivity contribution in [1.82, 2.24) is 10.3 Å². The molecule has 4 nitrogen and oxygen atoms in total. The first-order valence-corrected chi connectivity index (χ1v) is 9.74. The van der Waals surface area contributed by atoms with E-state index in [9.17, 15) is 5.11 Å². The third kappa shape index (κ3) is 5.04. The van der Waals surface area contributed by atoms with Gasteiger partial charge in [0.25, 0.3) is 0 Å². The highest BCUT2D eigenvalue weighted by atomic mass is 35.5. The summed E-state index contributed by atoms with van der Waals surface area (Å²) in [5.41, 5.74) is 3.09. The van der Waals surface area contributed by atoms with Crippen LogP contribution in [0.4, 0.5) is 0 Å². The van der Waals surface area contributed by atoms with E-state index in [0.29, 0.717) is 11.6 Å². The molecule has 27 heavy (non-hydrogen) atoms. The number of para-hydroxylation sites is 1. The van der Waals surface area contributed by atoms with Gasteiger partial charge in [-0.05, 0) is 56.5 Å². The number of hydrogen-bond acceptors (Lipinski definition) is 3. The smallest absolute Gasteiger partial charge is 0.143 e. The molecule has 0 saturated heterocycles. The van der Waals surface area contributed by atoms with Crippen LogP contribution in [0.1, 0.15) is 38.0 Å². The zero-order valence-electron chi connectivity index (χ0n) is 16.0. The second kappa shape index (κ2) is 8.79. The minimum Gasteiger partial charge on any atom is -0.489 e. The van der Waals surface area contributed by atoms with Crippen molar-refractivity contribution in [2.45, 2.75) is 45.4 Å². The summed E-state index contributed by atoms with van der Waals surface area (Å²) in [7, 11) is 0. The first kappa shape index (κ1) is 19.7. The Morgan fingerprint density at radius 1 is 1.15 bits per heavy atom. The van der Waals surface area contributed by atoms with Crippen molar-refractivity contribution in [3.8, 4) is 5.75 Å². The van der Waals surface area contributed by atoms with Gasteiger partial charge in [-0.25, -0.2) is 0 Å². The van der Waals surface area contributed by atoms with Crippen molar-refractivity contribution in [2.24, 2.45) is 0 Å².